The quantitative estimate of drug-likeness (QED) is 0.754. The number of carboxylic acid groups (broad SMARTS) is 1. The highest BCUT2D eigenvalue weighted by Gasteiger charge is 2.12. The fourth-order valence-corrected chi connectivity index (χ4v) is 1.39. The van der Waals surface area contributed by atoms with Crippen LogP contribution in [0.2, 0.25) is 0 Å². The number of amides is 1. The van der Waals surface area contributed by atoms with Crippen LogP contribution in [0.1, 0.15) is 23.2 Å². The first-order valence-electron chi connectivity index (χ1n) is 5.38. The van der Waals surface area contributed by atoms with E-state index in [1.807, 2.05) is 0 Å². The van der Waals surface area contributed by atoms with Crippen LogP contribution in [-0.2, 0) is 4.79 Å². The fraction of sp³-hybridized carbons (Fsp3) is 0.333. The molecule has 0 aliphatic heterocycles. The summed E-state index contributed by atoms with van der Waals surface area (Å²) in [6, 6.07) is 3.63. The molecule has 18 heavy (non-hydrogen) atoms. The zero-order chi connectivity index (χ0) is 13.5. The number of ether oxygens (including phenoxy) is 1. The molecule has 0 unspecified atom stereocenters. The molecule has 0 fully saturated rings. The topological polar surface area (TPSA) is 75.6 Å². The lowest BCUT2D eigenvalue weighted by molar-refractivity contribution is -0.137. The van der Waals surface area contributed by atoms with Crippen LogP contribution in [0.5, 0.6) is 5.75 Å². The second-order valence-electron chi connectivity index (χ2n) is 3.60. The van der Waals surface area contributed by atoms with E-state index in [0.717, 1.165) is 6.07 Å². The van der Waals surface area contributed by atoms with Gasteiger partial charge in [0.25, 0.3) is 5.91 Å². The molecule has 0 aliphatic carbocycles. The van der Waals surface area contributed by atoms with Gasteiger partial charge in [0, 0.05) is 13.0 Å². The van der Waals surface area contributed by atoms with Gasteiger partial charge >= 0.3 is 5.97 Å². The second kappa shape index (κ2) is 6.58. The lowest BCUT2D eigenvalue weighted by Crippen LogP contribution is -2.25. The van der Waals surface area contributed by atoms with Gasteiger partial charge in [-0.25, -0.2) is 4.39 Å². The molecule has 0 aromatic heterocycles. The molecule has 1 aromatic carbocycles. The number of rotatable bonds is 6. The molecule has 0 radical (unpaired) electrons. The summed E-state index contributed by atoms with van der Waals surface area (Å²) >= 11 is 0. The van der Waals surface area contributed by atoms with Crippen molar-refractivity contribution in [1.82, 2.24) is 5.32 Å². The van der Waals surface area contributed by atoms with Crippen molar-refractivity contribution < 1.29 is 23.8 Å². The van der Waals surface area contributed by atoms with Crippen molar-refractivity contribution in [2.45, 2.75) is 12.8 Å². The largest absolute Gasteiger partial charge is 0.496 e. The van der Waals surface area contributed by atoms with Crippen molar-refractivity contribution in [3.05, 3.63) is 29.6 Å². The van der Waals surface area contributed by atoms with E-state index in [-0.39, 0.29) is 24.3 Å². The van der Waals surface area contributed by atoms with Gasteiger partial charge in [0.1, 0.15) is 11.6 Å². The summed E-state index contributed by atoms with van der Waals surface area (Å²) in [5.41, 5.74) is 0.0906. The smallest absolute Gasteiger partial charge is 0.303 e. The Bertz CT molecular complexity index is 448. The molecule has 1 aromatic rings. The first kappa shape index (κ1) is 14.0. The highest BCUT2D eigenvalue weighted by atomic mass is 19.1. The molecule has 0 saturated heterocycles. The van der Waals surface area contributed by atoms with Gasteiger partial charge < -0.3 is 15.2 Å². The van der Waals surface area contributed by atoms with Gasteiger partial charge in [-0.2, -0.15) is 0 Å². The number of benzene rings is 1. The summed E-state index contributed by atoms with van der Waals surface area (Å²) in [7, 11) is 1.38. The number of hydrogen-bond donors (Lipinski definition) is 2. The van der Waals surface area contributed by atoms with Gasteiger partial charge in [-0.3, -0.25) is 9.59 Å². The Labute approximate surface area is 104 Å². The number of nitrogens with one attached hydrogen (secondary N) is 1. The summed E-state index contributed by atoms with van der Waals surface area (Å²) < 4.78 is 18.0. The Morgan fingerprint density at radius 2 is 2.17 bits per heavy atom. The monoisotopic (exact) mass is 255 g/mol. The minimum absolute atomic E-state index is 0.0272. The number of carboxylic acids is 1. The van der Waals surface area contributed by atoms with Gasteiger partial charge in [0.2, 0.25) is 0 Å². The standard InChI is InChI=1S/C12H14FNO4/c1-18-10-5-4-8(13)7-9(10)12(17)14-6-2-3-11(15)16/h4-5,7H,2-3,6H2,1H3,(H,14,17)(H,15,16). The van der Waals surface area contributed by atoms with Gasteiger partial charge in [0.15, 0.2) is 0 Å². The number of carbonyl (C=O) groups is 2. The zero-order valence-corrected chi connectivity index (χ0v) is 9.90. The fourth-order valence-electron chi connectivity index (χ4n) is 1.39. The van der Waals surface area contributed by atoms with Crippen molar-refractivity contribution >= 4 is 11.9 Å². The molecule has 98 valence electrons. The third-order valence-electron chi connectivity index (χ3n) is 2.26. The van der Waals surface area contributed by atoms with Crippen molar-refractivity contribution in [1.29, 1.82) is 0 Å². The molecule has 0 atom stereocenters. The summed E-state index contributed by atoms with van der Waals surface area (Å²) in [5, 5.41) is 10.9. The van der Waals surface area contributed by atoms with E-state index in [0.29, 0.717) is 6.42 Å². The Hall–Kier alpha value is -2.11. The van der Waals surface area contributed by atoms with E-state index in [1.165, 1.54) is 19.2 Å². The van der Waals surface area contributed by atoms with Crippen LogP contribution < -0.4 is 10.1 Å². The first-order valence-corrected chi connectivity index (χ1v) is 5.38. The molecular formula is C12H14FNO4. The van der Waals surface area contributed by atoms with E-state index in [9.17, 15) is 14.0 Å². The second-order valence-corrected chi connectivity index (χ2v) is 3.60. The van der Waals surface area contributed by atoms with E-state index < -0.39 is 17.7 Å². The lowest BCUT2D eigenvalue weighted by atomic mass is 10.1. The van der Waals surface area contributed by atoms with Crippen molar-refractivity contribution in [2.24, 2.45) is 0 Å². The van der Waals surface area contributed by atoms with Crippen LogP contribution in [0.3, 0.4) is 0 Å². The van der Waals surface area contributed by atoms with Crippen LogP contribution >= 0.6 is 0 Å². The van der Waals surface area contributed by atoms with Gasteiger partial charge in [-0.05, 0) is 24.6 Å². The van der Waals surface area contributed by atoms with E-state index in [1.54, 1.807) is 0 Å². The average molecular weight is 255 g/mol. The third-order valence-corrected chi connectivity index (χ3v) is 2.26. The number of methoxy groups -OCH3 is 1. The van der Waals surface area contributed by atoms with Crippen molar-refractivity contribution in [3.8, 4) is 5.75 Å². The molecule has 5 nitrogen and oxygen atoms in total. The normalized spacial score (nSPS) is 9.89. The van der Waals surface area contributed by atoms with Crippen LogP contribution in [0.25, 0.3) is 0 Å². The predicted octanol–water partition coefficient (Wildman–Crippen LogP) is 1.43. The molecule has 1 rings (SSSR count). The van der Waals surface area contributed by atoms with Crippen LogP contribution in [0.15, 0.2) is 18.2 Å². The maximum atomic E-state index is 13.0. The van der Waals surface area contributed by atoms with E-state index >= 15 is 0 Å². The maximum Gasteiger partial charge on any atom is 0.303 e. The van der Waals surface area contributed by atoms with Gasteiger partial charge in [-0.1, -0.05) is 0 Å². The number of carbonyl (C=O) groups excluding carboxylic acids is 1. The first-order chi connectivity index (χ1) is 8.54. The minimum atomic E-state index is -0.924. The highest BCUT2D eigenvalue weighted by molar-refractivity contribution is 5.96. The number of hydrogen-bond acceptors (Lipinski definition) is 3. The Morgan fingerprint density at radius 1 is 1.44 bits per heavy atom. The summed E-state index contributed by atoms with van der Waals surface area (Å²) in [4.78, 5) is 22.0. The molecule has 0 bridgehead atoms. The molecule has 0 aliphatic rings. The van der Waals surface area contributed by atoms with Gasteiger partial charge in [0.05, 0.1) is 12.7 Å². The maximum absolute atomic E-state index is 13.0. The van der Waals surface area contributed by atoms with Crippen LogP contribution in [0, 0.1) is 5.82 Å². The number of halogens is 1. The Balaban J connectivity index is 2.60. The Morgan fingerprint density at radius 3 is 2.78 bits per heavy atom. The third kappa shape index (κ3) is 4.04. The molecular weight excluding hydrogens is 241 g/mol. The Kier molecular flexibility index (Phi) is 5.10. The molecule has 1 amide bonds. The molecule has 0 spiro atoms. The molecule has 0 saturated carbocycles. The SMILES string of the molecule is COc1ccc(F)cc1C(=O)NCCCC(=O)O. The van der Waals surface area contributed by atoms with E-state index in [2.05, 4.69) is 5.32 Å². The number of aliphatic carboxylic acids is 1. The van der Waals surface area contributed by atoms with Crippen molar-refractivity contribution in [2.75, 3.05) is 13.7 Å². The lowest BCUT2D eigenvalue weighted by Gasteiger charge is -2.08. The highest BCUT2D eigenvalue weighted by Crippen LogP contribution is 2.18. The van der Waals surface area contributed by atoms with Crippen LogP contribution in [0.4, 0.5) is 4.39 Å². The minimum Gasteiger partial charge on any atom is -0.496 e. The zero-order valence-electron chi connectivity index (χ0n) is 9.90. The van der Waals surface area contributed by atoms with Crippen LogP contribution in [-0.4, -0.2) is 30.6 Å². The molecule has 6 heteroatoms. The summed E-state index contributed by atoms with van der Waals surface area (Å²) in [5.74, 6) is -1.68. The molecule has 0 heterocycles. The predicted molar refractivity (Wildman–Crippen MR) is 62.2 cm³/mol. The molecule has 2 N–H and O–H groups in total. The van der Waals surface area contributed by atoms with Crippen molar-refractivity contribution in [3.63, 3.8) is 0 Å². The summed E-state index contributed by atoms with van der Waals surface area (Å²) in [6.07, 6.45) is 0.291. The average Bonchev–Trinajstić information content (AvgIpc) is 2.34. The van der Waals surface area contributed by atoms with E-state index in [4.69, 9.17) is 9.84 Å². The summed E-state index contributed by atoms with van der Waals surface area (Å²) in [6.45, 7) is 0.213. The van der Waals surface area contributed by atoms with Gasteiger partial charge in [-0.15, -0.1) is 0 Å².